The second-order valence-corrected chi connectivity index (χ2v) is 5.07. The Bertz CT molecular complexity index is 595. The molecule has 2 aromatic rings. The summed E-state index contributed by atoms with van der Waals surface area (Å²) in [6.45, 7) is 3.85. The highest BCUT2D eigenvalue weighted by Gasteiger charge is 2.19. The van der Waals surface area contributed by atoms with Crippen LogP contribution < -0.4 is 5.32 Å². The lowest BCUT2D eigenvalue weighted by molar-refractivity contribution is 0.753. The van der Waals surface area contributed by atoms with E-state index in [1.54, 1.807) is 6.20 Å². The number of rotatable bonds is 3. The van der Waals surface area contributed by atoms with E-state index in [-0.39, 0.29) is 0 Å². The lowest BCUT2D eigenvalue weighted by Crippen LogP contribution is -2.04. The molecule has 98 valence electrons. The van der Waals surface area contributed by atoms with Crippen LogP contribution in [0.3, 0.4) is 0 Å². The van der Waals surface area contributed by atoms with Gasteiger partial charge in [0.1, 0.15) is 5.69 Å². The molecule has 0 radical (unpaired) electrons. The third-order valence-electron chi connectivity index (χ3n) is 3.22. The minimum atomic E-state index is 0.625. The van der Waals surface area contributed by atoms with Crippen molar-refractivity contribution in [3.63, 3.8) is 0 Å². The number of aryl methyl sites for hydroxylation is 1. The molecule has 19 heavy (non-hydrogen) atoms. The summed E-state index contributed by atoms with van der Waals surface area (Å²) in [7, 11) is 0. The second kappa shape index (κ2) is 5.23. The molecule has 0 saturated carbocycles. The minimum Gasteiger partial charge on any atom is -0.307 e. The van der Waals surface area contributed by atoms with Crippen molar-refractivity contribution >= 4 is 11.6 Å². The molecule has 0 unspecified atom stereocenters. The van der Waals surface area contributed by atoms with Gasteiger partial charge >= 0.3 is 0 Å². The van der Waals surface area contributed by atoms with E-state index in [0.29, 0.717) is 10.8 Å². The summed E-state index contributed by atoms with van der Waals surface area (Å²) in [5.74, 6) is 0.697. The first-order valence-electron chi connectivity index (χ1n) is 6.49. The largest absolute Gasteiger partial charge is 0.307 e. The van der Waals surface area contributed by atoms with Gasteiger partial charge in [0, 0.05) is 30.5 Å². The molecule has 1 aliphatic heterocycles. The quantitative estimate of drug-likeness (QED) is 0.935. The Morgan fingerprint density at radius 3 is 2.89 bits per heavy atom. The van der Waals surface area contributed by atoms with Crippen LogP contribution in [-0.4, -0.2) is 15.0 Å². The highest BCUT2D eigenvalue weighted by atomic mass is 35.5. The molecule has 0 aromatic carbocycles. The first-order chi connectivity index (χ1) is 9.28. The molecule has 0 bridgehead atoms. The smallest absolute Gasteiger partial charge is 0.178 e. The molecule has 0 spiro atoms. The maximum atomic E-state index is 5.86. The van der Waals surface area contributed by atoms with Crippen molar-refractivity contribution in [2.24, 2.45) is 0 Å². The van der Waals surface area contributed by atoms with E-state index < -0.39 is 0 Å². The minimum absolute atomic E-state index is 0.625. The molecule has 0 atom stereocenters. The highest BCUT2D eigenvalue weighted by Crippen LogP contribution is 2.22. The summed E-state index contributed by atoms with van der Waals surface area (Å²) < 4.78 is 0. The van der Waals surface area contributed by atoms with Gasteiger partial charge < -0.3 is 5.32 Å². The highest BCUT2D eigenvalue weighted by molar-refractivity contribution is 6.30. The Morgan fingerprint density at radius 2 is 2.16 bits per heavy atom. The van der Waals surface area contributed by atoms with E-state index in [2.05, 4.69) is 27.2 Å². The Labute approximate surface area is 117 Å². The number of fused-ring (bicyclic) bond motifs is 1. The number of nitrogens with zero attached hydrogens (tertiary/aromatic N) is 3. The third kappa shape index (κ3) is 2.46. The number of hydrogen-bond acceptors (Lipinski definition) is 4. The lowest BCUT2D eigenvalue weighted by Gasteiger charge is -2.08. The van der Waals surface area contributed by atoms with Gasteiger partial charge in [-0.15, -0.1) is 0 Å². The monoisotopic (exact) mass is 274 g/mol. The van der Waals surface area contributed by atoms with Gasteiger partial charge in [-0.3, -0.25) is 4.98 Å². The zero-order valence-corrected chi connectivity index (χ0v) is 11.5. The van der Waals surface area contributed by atoms with E-state index in [9.17, 15) is 0 Å². The molecule has 4 nitrogen and oxygen atoms in total. The Morgan fingerprint density at radius 1 is 1.26 bits per heavy atom. The van der Waals surface area contributed by atoms with E-state index in [0.717, 1.165) is 43.0 Å². The van der Waals surface area contributed by atoms with E-state index in [4.69, 9.17) is 11.6 Å². The molecule has 0 amide bonds. The summed E-state index contributed by atoms with van der Waals surface area (Å²) in [5.41, 5.74) is 4.28. The third-order valence-corrected chi connectivity index (χ3v) is 3.44. The fourth-order valence-corrected chi connectivity index (χ4v) is 2.42. The van der Waals surface area contributed by atoms with Gasteiger partial charge in [0.25, 0.3) is 0 Å². The maximum absolute atomic E-state index is 5.86. The van der Waals surface area contributed by atoms with Gasteiger partial charge in [-0.05, 0) is 18.6 Å². The molecular formula is C14H15ClN4. The van der Waals surface area contributed by atoms with Crippen LogP contribution in [0.2, 0.25) is 5.02 Å². The molecule has 0 fully saturated rings. The molecule has 0 aliphatic carbocycles. The van der Waals surface area contributed by atoms with Crippen molar-refractivity contribution in [1.29, 1.82) is 0 Å². The zero-order valence-electron chi connectivity index (χ0n) is 10.8. The van der Waals surface area contributed by atoms with Crippen LogP contribution in [0.25, 0.3) is 11.5 Å². The van der Waals surface area contributed by atoms with Crippen LogP contribution in [0.5, 0.6) is 0 Å². The van der Waals surface area contributed by atoms with Crippen molar-refractivity contribution in [2.45, 2.75) is 32.9 Å². The van der Waals surface area contributed by atoms with Gasteiger partial charge in [0.05, 0.1) is 10.7 Å². The first kappa shape index (κ1) is 12.5. The number of aromatic nitrogens is 3. The van der Waals surface area contributed by atoms with Crippen molar-refractivity contribution in [3.8, 4) is 11.5 Å². The standard InChI is InChI=1S/C14H15ClN4/c1-2-3-11-10-7-16-8-13(10)19-14(18-11)12-5-4-9(15)6-17-12/h4-6,16H,2-3,7-8H2,1H3. The van der Waals surface area contributed by atoms with Crippen molar-refractivity contribution in [3.05, 3.63) is 40.3 Å². The van der Waals surface area contributed by atoms with Crippen LogP contribution in [-0.2, 0) is 19.5 Å². The molecular weight excluding hydrogens is 260 g/mol. The Hall–Kier alpha value is -1.52. The maximum Gasteiger partial charge on any atom is 0.178 e. The van der Waals surface area contributed by atoms with E-state index in [1.807, 2.05) is 12.1 Å². The average Bonchev–Trinajstić information content (AvgIpc) is 2.88. The molecule has 3 heterocycles. The molecule has 5 heteroatoms. The predicted molar refractivity (Wildman–Crippen MR) is 74.8 cm³/mol. The van der Waals surface area contributed by atoms with Crippen LogP contribution in [0.4, 0.5) is 0 Å². The SMILES string of the molecule is CCCc1nc(-c2ccc(Cl)cn2)nc2c1CNC2. The van der Waals surface area contributed by atoms with Gasteiger partial charge in [0.15, 0.2) is 5.82 Å². The van der Waals surface area contributed by atoms with Gasteiger partial charge in [0.2, 0.25) is 0 Å². The Balaban J connectivity index is 2.07. The average molecular weight is 275 g/mol. The fraction of sp³-hybridized carbons (Fsp3) is 0.357. The van der Waals surface area contributed by atoms with Crippen LogP contribution in [0.1, 0.15) is 30.3 Å². The van der Waals surface area contributed by atoms with E-state index >= 15 is 0 Å². The number of pyridine rings is 1. The number of nitrogens with one attached hydrogen (secondary N) is 1. The summed E-state index contributed by atoms with van der Waals surface area (Å²) in [6.07, 6.45) is 3.69. The number of halogens is 1. The van der Waals surface area contributed by atoms with Crippen LogP contribution in [0.15, 0.2) is 18.3 Å². The van der Waals surface area contributed by atoms with Crippen molar-refractivity contribution in [1.82, 2.24) is 20.3 Å². The molecule has 2 aromatic heterocycles. The van der Waals surface area contributed by atoms with Gasteiger partial charge in [-0.2, -0.15) is 0 Å². The summed E-state index contributed by atoms with van der Waals surface area (Å²) >= 11 is 5.86. The molecule has 1 N–H and O–H groups in total. The number of hydrogen-bond donors (Lipinski definition) is 1. The normalized spacial score (nSPS) is 13.6. The van der Waals surface area contributed by atoms with Crippen molar-refractivity contribution in [2.75, 3.05) is 0 Å². The molecule has 1 aliphatic rings. The predicted octanol–water partition coefficient (Wildman–Crippen LogP) is 2.75. The first-order valence-corrected chi connectivity index (χ1v) is 6.87. The fourth-order valence-electron chi connectivity index (χ4n) is 2.30. The van der Waals surface area contributed by atoms with Crippen LogP contribution >= 0.6 is 11.6 Å². The summed E-state index contributed by atoms with van der Waals surface area (Å²) in [6, 6.07) is 3.68. The lowest BCUT2D eigenvalue weighted by atomic mass is 10.1. The second-order valence-electron chi connectivity index (χ2n) is 4.63. The van der Waals surface area contributed by atoms with Gasteiger partial charge in [-0.1, -0.05) is 24.9 Å². The molecule has 3 rings (SSSR count). The topological polar surface area (TPSA) is 50.7 Å². The summed E-state index contributed by atoms with van der Waals surface area (Å²) in [4.78, 5) is 13.6. The molecule has 0 saturated heterocycles. The zero-order chi connectivity index (χ0) is 13.2. The summed E-state index contributed by atoms with van der Waals surface area (Å²) in [5, 5.41) is 3.96. The van der Waals surface area contributed by atoms with E-state index in [1.165, 1.54) is 5.56 Å². The van der Waals surface area contributed by atoms with Crippen LogP contribution in [0, 0.1) is 0 Å². The Kier molecular flexibility index (Phi) is 3.44. The van der Waals surface area contributed by atoms with Gasteiger partial charge in [-0.25, -0.2) is 9.97 Å². The van der Waals surface area contributed by atoms with Crippen molar-refractivity contribution < 1.29 is 0 Å².